The Balaban J connectivity index is 2.16. The van der Waals surface area contributed by atoms with Crippen LogP contribution in [0, 0.1) is 0 Å². The molecule has 2 heteroatoms. The van der Waals surface area contributed by atoms with Gasteiger partial charge < -0.3 is 4.57 Å². The number of hydrogen-bond donors (Lipinski definition) is 0. The Hall–Kier alpha value is -1.59. The van der Waals surface area contributed by atoms with Crippen LogP contribution in [0.3, 0.4) is 0 Å². The van der Waals surface area contributed by atoms with Crippen LogP contribution in [0.5, 0.6) is 0 Å². The van der Waals surface area contributed by atoms with E-state index >= 15 is 0 Å². The lowest BCUT2D eigenvalue weighted by Crippen LogP contribution is -1.91. The number of benzene rings is 2. The molecule has 0 N–H and O–H groups in total. The van der Waals surface area contributed by atoms with E-state index < -0.39 is 7.14 Å². The lowest BCUT2D eigenvalue weighted by molar-refractivity contribution is 0.579. The van der Waals surface area contributed by atoms with Gasteiger partial charge >= 0.3 is 0 Å². The molecule has 18 heavy (non-hydrogen) atoms. The maximum absolute atomic E-state index is 12.8. The highest BCUT2D eigenvalue weighted by molar-refractivity contribution is 7.65. The van der Waals surface area contributed by atoms with E-state index in [0.29, 0.717) is 12.3 Å². The lowest BCUT2D eigenvalue weighted by Gasteiger charge is -2.14. The summed E-state index contributed by atoms with van der Waals surface area (Å²) in [5.41, 5.74) is 2.22. The summed E-state index contributed by atoms with van der Waals surface area (Å²) in [7, 11) is -2.38. The molecule has 0 atom stereocenters. The minimum Gasteiger partial charge on any atom is -0.319 e. The third-order valence-electron chi connectivity index (χ3n) is 2.92. The topological polar surface area (TPSA) is 17.1 Å². The van der Waals surface area contributed by atoms with Crippen molar-refractivity contribution < 1.29 is 4.57 Å². The predicted molar refractivity (Wildman–Crippen MR) is 78.1 cm³/mol. The Kier molecular flexibility index (Phi) is 4.17. The highest BCUT2D eigenvalue weighted by atomic mass is 31.2. The van der Waals surface area contributed by atoms with E-state index in [4.69, 9.17) is 0 Å². The minimum atomic E-state index is -2.38. The van der Waals surface area contributed by atoms with Crippen LogP contribution in [0.15, 0.2) is 73.1 Å². The third kappa shape index (κ3) is 3.45. The van der Waals surface area contributed by atoms with Gasteiger partial charge in [0.1, 0.15) is 7.14 Å². The van der Waals surface area contributed by atoms with Gasteiger partial charge in [-0.15, -0.1) is 0 Å². The Morgan fingerprint density at radius 2 is 1.22 bits per heavy atom. The van der Waals surface area contributed by atoms with E-state index in [2.05, 4.69) is 6.58 Å². The van der Waals surface area contributed by atoms with Crippen molar-refractivity contribution >= 4 is 7.14 Å². The number of hydrogen-bond acceptors (Lipinski definition) is 1. The second-order valence-electron chi connectivity index (χ2n) is 4.42. The standard InChI is InChI=1S/C16H17OP/c1-2-18(17,13-15-9-5-3-6-10-15)14-16-11-7-4-8-12-16/h2-12H,1,13-14H2. The summed E-state index contributed by atoms with van der Waals surface area (Å²) in [6.07, 6.45) is 1.18. The summed E-state index contributed by atoms with van der Waals surface area (Å²) in [5, 5.41) is 0. The van der Waals surface area contributed by atoms with E-state index in [9.17, 15) is 4.57 Å². The van der Waals surface area contributed by atoms with Crippen molar-refractivity contribution in [2.24, 2.45) is 0 Å². The molecular weight excluding hydrogens is 239 g/mol. The monoisotopic (exact) mass is 256 g/mol. The van der Waals surface area contributed by atoms with Crippen molar-refractivity contribution in [2.75, 3.05) is 0 Å². The fraction of sp³-hybridized carbons (Fsp3) is 0.125. The molecule has 0 fully saturated rings. The van der Waals surface area contributed by atoms with E-state index in [0.717, 1.165) is 11.1 Å². The van der Waals surface area contributed by atoms with Gasteiger partial charge in [-0.1, -0.05) is 67.2 Å². The Labute approximate surface area is 109 Å². The summed E-state index contributed by atoms with van der Waals surface area (Å²) in [5.74, 6) is 1.65. The van der Waals surface area contributed by atoms with Crippen LogP contribution < -0.4 is 0 Å². The molecule has 0 saturated carbocycles. The smallest absolute Gasteiger partial charge is 0.116 e. The van der Waals surface area contributed by atoms with Crippen molar-refractivity contribution in [2.45, 2.75) is 12.3 Å². The molecule has 0 saturated heterocycles. The first kappa shape index (κ1) is 12.9. The molecule has 0 aliphatic carbocycles. The lowest BCUT2D eigenvalue weighted by atomic mass is 10.2. The van der Waals surface area contributed by atoms with Gasteiger partial charge in [0.05, 0.1) is 0 Å². The summed E-state index contributed by atoms with van der Waals surface area (Å²) >= 11 is 0. The van der Waals surface area contributed by atoms with Crippen LogP contribution in [0.1, 0.15) is 11.1 Å². The number of rotatable bonds is 5. The van der Waals surface area contributed by atoms with Crippen molar-refractivity contribution in [3.05, 3.63) is 84.2 Å². The average molecular weight is 256 g/mol. The first-order valence-electron chi connectivity index (χ1n) is 6.01. The average Bonchev–Trinajstić information content (AvgIpc) is 2.41. The molecule has 0 bridgehead atoms. The zero-order valence-electron chi connectivity index (χ0n) is 10.3. The Morgan fingerprint density at radius 3 is 1.56 bits per heavy atom. The van der Waals surface area contributed by atoms with E-state index in [1.54, 1.807) is 5.82 Å². The second kappa shape index (κ2) is 5.84. The molecule has 0 aliphatic heterocycles. The first-order chi connectivity index (χ1) is 8.72. The van der Waals surface area contributed by atoms with Crippen LogP contribution in [-0.2, 0) is 16.9 Å². The summed E-state index contributed by atoms with van der Waals surface area (Å²) in [6, 6.07) is 19.9. The quantitative estimate of drug-likeness (QED) is 0.696. The Bertz CT molecular complexity index is 500. The minimum absolute atomic E-state index is 0.590. The molecule has 0 spiro atoms. The van der Waals surface area contributed by atoms with Gasteiger partial charge in [0.15, 0.2) is 0 Å². The van der Waals surface area contributed by atoms with Gasteiger partial charge in [-0.05, 0) is 16.9 Å². The summed E-state index contributed by atoms with van der Waals surface area (Å²) < 4.78 is 12.8. The first-order valence-corrected chi connectivity index (χ1v) is 8.16. The van der Waals surface area contributed by atoms with Crippen molar-refractivity contribution in [1.82, 2.24) is 0 Å². The molecule has 2 aromatic carbocycles. The zero-order chi connectivity index (χ0) is 12.8. The van der Waals surface area contributed by atoms with Crippen LogP contribution in [0.25, 0.3) is 0 Å². The van der Waals surface area contributed by atoms with Crippen molar-refractivity contribution in [1.29, 1.82) is 0 Å². The molecule has 92 valence electrons. The molecule has 2 aromatic rings. The summed E-state index contributed by atoms with van der Waals surface area (Å²) in [4.78, 5) is 0. The van der Waals surface area contributed by atoms with Gasteiger partial charge in [-0.25, -0.2) is 0 Å². The highest BCUT2D eigenvalue weighted by Crippen LogP contribution is 2.53. The van der Waals surface area contributed by atoms with E-state index in [-0.39, 0.29) is 0 Å². The zero-order valence-corrected chi connectivity index (χ0v) is 11.2. The molecule has 0 amide bonds. The molecule has 0 aromatic heterocycles. The van der Waals surface area contributed by atoms with E-state index in [1.807, 2.05) is 60.7 Å². The van der Waals surface area contributed by atoms with Gasteiger partial charge in [0.25, 0.3) is 0 Å². The third-order valence-corrected chi connectivity index (χ3v) is 5.39. The van der Waals surface area contributed by atoms with Gasteiger partial charge in [0, 0.05) is 12.3 Å². The molecule has 0 radical (unpaired) electrons. The largest absolute Gasteiger partial charge is 0.319 e. The van der Waals surface area contributed by atoms with Crippen molar-refractivity contribution in [3.63, 3.8) is 0 Å². The van der Waals surface area contributed by atoms with Crippen LogP contribution in [-0.4, -0.2) is 0 Å². The van der Waals surface area contributed by atoms with Crippen LogP contribution >= 0.6 is 7.14 Å². The second-order valence-corrected chi connectivity index (χ2v) is 7.32. The fourth-order valence-corrected chi connectivity index (χ4v) is 4.00. The van der Waals surface area contributed by atoms with Crippen molar-refractivity contribution in [3.8, 4) is 0 Å². The normalized spacial score (nSPS) is 11.1. The maximum atomic E-state index is 12.8. The molecule has 0 heterocycles. The Morgan fingerprint density at radius 1 is 0.833 bits per heavy atom. The molecule has 2 rings (SSSR count). The predicted octanol–water partition coefficient (Wildman–Crippen LogP) is 4.89. The molecule has 0 aliphatic rings. The van der Waals surface area contributed by atoms with Crippen LogP contribution in [0.2, 0.25) is 0 Å². The van der Waals surface area contributed by atoms with Crippen LogP contribution in [0.4, 0.5) is 0 Å². The van der Waals surface area contributed by atoms with Gasteiger partial charge in [-0.2, -0.15) is 0 Å². The van der Waals surface area contributed by atoms with Gasteiger partial charge in [0.2, 0.25) is 0 Å². The summed E-state index contributed by atoms with van der Waals surface area (Å²) in [6.45, 7) is 3.76. The SMILES string of the molecule is C=CP(=O)(Cc1ccccc1)Cc1ccccc1. The molecular formula is C16H17OP. The molecule has 1 nitrogen and oxygen atoms in total. The fourth-order valence-electron chi connectivity index (χ4n) is 1.97. The van der Waals surface area contributed by atoms with E-state index in [1.165, 1.54) is 0 Å². The highest BCUT2D eigenvalue weighted by Gasteiger charge is 2.18. The molecule has 0 unspecified atom stereocenters. The maximum Gasteiger partial charge on any atom is 0.116 e. The van der Waals surface area contributed by atoms with Gasteiger partial charge in [-0.3, -0.25) is 0 Å².